The van der Waals surface area contributed by atoms with Crippen LogP contribution in [0, 0.1) is 0 Å². The van der Waals surface area contributed by atoms with E-state index in [4.69, 9.17) is 32.7 Å². The Kier molecular flexibility index (Phi) is 5.41. The van der Waals surface area contributed by atoms with E-state index in [-0.39, 0.29) is 11.0 Å². The molecule has 8 heteroatoms. The van der Waals surface area contributed by atoms with Crippen molar-refractivity contribution >= 4 is 57.7 Å². The molecule has 0 unspecified atom stereocenters. The molecule has 0 saturated carbocycles. The quantitative estimate of drug-likeness (QED) is 0.344. The van der Waals surface area contributed by atoms with Crippen molar-refractivity contribution in [1.82, 2.24) is 10.3 Å². The Labute approximate surface area is 176 Å². The number of rotatable bonds is 4. The predicted octanol–water partition coefficient (Wildman–Crippen LogP) is 5.27. The first-order valence-electron chi connectivity index (χ1n) is 8.57. The molecule has 6 nitrogen and oxygen atoms in total. The summed E-state index contributed by atoms with van der Waals surface area (Å²) in [7, 11) is 0. The molecule has 0 atom stereocenters. The third-order valence-electron chi connectivity index (χ3n) is 3.93. The highest BCUT2D eigenvalue weighted by Gasteiger charge is 2.12. The van der Waals surface area contributed by atoms with E-state index in [9.17, 15) is 4.79 Å². The molecule has 0 aliphatic heterocycles. The van der Waals surface area contributed by atoms with Gasteiger partial charge in [-0.3, -0.25) is 10.1 Å². The third-order valence-corrected chi connectivity index (χ3v) is 4.46. The lowest BCUT2D eigenvalue weighted by Crippen LogP contribution is -2.32. The molecule has 2 aromatic heterocycles. The summed E-state index contributed by atoms with van der Waals surface area (Å²) in [5, 5.41) is 6.24. The number of nitrogens with zero attached hydrogens (tertiary/aromatic N) is 1. The summed E-state index contributed by atoms with van der Waals surface area (Å²) in [5.41, 5.74) is 2.63. The summed E-state index contributed by atoms with van der Waals surface area (Å²) in [4.78, 5) is 16.4. The number of hydrogen-bond acceptors (Lipinski definition) is 5. The molecule has 4 rings (SSSR count). The second-order valence-electron chi connectivity index (χ2n) is 5.97. The van der Waals surface area contributed by atoms with Crippen molar-refractivity contribution < 1.29 is 13.6 Å². The number of benzene rings is 2. The minimum Gasteiger partial charge on any atom is -0.465 e. The van der Waals surface area contributed by atoms with Gasteiger partial charge >= 0.3 is 0 Å². The van der Waals surface area contributed by atoms with Crippen LogP contribution in [0.2, 0.25) is 5.02 Å². The molecule has 0 radical (unpaired) electrons. The van der Waals surface area contributed by atoms with Crippen molar-refractivity contribution in [3.8, 4) is 11.5 Å². The lowest BCUT2D eigenvalue weighted by atomic mass is 10.2. The average Bonchev–Trinajstić information content (AvgIpc) is 3.36. The van der Waals surface area contributed by atoms with Gasteiger partial charge in [0.05, 0.1) is 16.8 Å². The van der Waals surface area contributed by atoms with Crippen LogP contribution < -0.4 is 10.6 Å². The summed E-state index contributed by atoms with van der Waals surface area (Å²) in [6.07, 6.45) is 4.42. The van der Waals surface area contributed by atoms with Crippen molar-refractivity contribution in [2.24, 2.45) is 0 Å². The van der Waals surface area contributed by atoms with Gasteiger partial charge in [-0.05, 0) is 60.8 Å². The molecular weight excluding hydrogens is 410 g/mol. The molecule has 0 saturated heterocycles. The van der Waals surface area contributed by atoms with E-state index in [0.717, 1.165) is 0 Å². The fourth-order valence-electron chi connectivity index (χ4n) is 2.61. The topological polar surface area (TPSA) is 80.3 Å². The smallest absolute Gasteiger partial charge is 0.250 e. The zero-order chi connectivity index (χ0) is 20.2. The van der Waals surface area contributed by atoms with Gasteiger partial charge < -0.3 is 14.2 Å². The van der Waals surface area contributed by atoms with Gasteiger partial charge in [-0.15, -0.1) is 0 Å². The van der Waals surface area contributed by atoms with Gasteiger partial charge in [0.15, 0.2) is 10.7 Å². The Morgan fingerprint density at radius 3 is 2.79 bits per heavy atom. The molecule has 29 heavy (non-hydrogen) atoms. The number of amides is 1. The van der Waals surface area contributed by atoms with E-state index in [1.165, 1.54) is 12.3 Å². The molecular formula is C21H14ClN3O3S. The van der Waals surface area contributed by atoms with Crippen molar-refractivity contribution in [1.29, 1.82) is 0 Å². The number of carbonyl (C=O) groups is 1. The standard InChI is InChI=1S/C21H14ClN3O3S/c22-16-6-2-1-5-15(16)20-24-17-12-13(7-9-18(17)28-20)23-21(29)25-19(26)10-8-14-4-3-11-27-14/h1-12H,(H2,23,25,26,29)/b10-8+. The van der Waals surface area contributed by atoms with Gasteiger partial charge in [-0.1, -0.05) is 23.7 Å². The maximum Gasteiger partial charge on any atom is 0.250 e. The fraction of sp³-hybridized carbons (Fsp3) is 0. The van der Waals surface area contributed by atoms with Crippen molar-refractivity contribution in [2.75, 3.05) is 5.32 Å². The molecule has 0 spiro atoms. The summed E-state index contributed by atoms with van der Waals surface area (Å²) < 4.78 is 10.9. The normalized spacial score (nSPS) is 11.1. The highest BCUT2D eigenvalue weighted by Crippen LogP contribution is 2.30. The lowest BCUT2D eigenvalue weighted by molar-refractivity contribution is -0.115. The Morgan fingerprint density at radius 2 is 2.00 bits per heavy atom. The SMILES string of the molecule is O=C(/C=C/c1ccco1)NC(=S)Nc1ccc2oc(-c3ccccc3Cl)nc2c1. The molecule has 0 fully saturated rings. The molecule has 4 aromatic rings. The number of hydrogen-bond donors (Lipinski definition) is 2. The van der Waals surface area contributed by atoms with Crippen LogP contribution in [0.25, 0.3) is 28.6 Å². The third kappa shape index (κ3) is 4.53. The molecule has 2 N–H and O–H groups in total. The van der Waals surface area contributed by atoms with Crippen LogP contribution >= 0.6 is 23.8 Å². The van der Waals surface area contributed by atoms with E-state index < -0.39 is 0 Å². The Balaban J connectivity index is 1.45. The minimum absolute atomic E-state index is 0.160. The second kappa shape index (κ2) is 8.30. The number of oxazole rings is 1. The highest BCUT2D eigenvalue weighted by molar-refractivity contribution is 7.80. The van der Waals surface area contributed by atoms with Gasteiger partial charge in [-0.25, -0.2) is 4.98 Å². The zero-order valence-electron chi connectivity index (χ0n) is 14.9. The second-order valence-corrected chi connectivity index (χ2v) is 6.79. The first-order chi connectivity index (χ1) is 14.1. The van der Waals surface area contributed by atoms with E-state index in [2.05, 4.69) is 15.6 Å². The van der Waals surface area contributed by atoms with E-state index in [0.29, 0.717) is 39.0 Å². The van der Waals surface area contributed by atoms with Crippen molar-refractivity contribution in [3.63, 3.8) is 0 Å². The Hall–Kier alpha value is -3.42. The lowest BCUT2D eigenvalue weighted by Gasteiger charge is -2.07. The highest BCUT2D eigenvalue weighted by atomic mass is 35.5. The number of aromatic nitrogens is 1. The minimum atomic E-state index is -0.373. The number of carbonyl (C=O) groups excluding carboxylic acids is 1. The first-order valence-corrected chi connectivity index (χ1v) is 9.36. The van der Waals surface area contributed by atoms with Crippen molar-refractivity contribution in [2.45, 2.75) is 0 Å². The zero-order valence-corrected chi connectivity index (χ0v) is 16.5. The summed E-state index contributed by atoms with van der Waals surface area (Å²) in [6.45, 7) is 0. The van der Waals surface area contributed by atoms with Gasteiger partial charge in [0, 0.05) is 11.8 Å². The van der Waals surface area contributed by atoms with Crippen LogP contribution in [-0.2, 0) is 4.79 Å². The number of nitrogens with one attached hydrogen (secondary N) is 2. The maximum atomic E-state index is 11.9. The van der Waals surface area contributed by atoms with Crippen LogP contribution in [0.3, 0.4) is 0 Å². The number of fused-ring (bicyclic) bond motifs is 1. The van der Waals surface area contributed by atoms with Gasteiger partial charge in [0.1, 0.15) is 11.3 Å². The number of furan rings is 1. The van der Waals surface area contributed by atoms with E-state index in [1.807, 2.05) is 18.2 Å². The predicted molar refractivity (Wildman–Crippen MR) is 117 cm³/mol. The molecule has 2 heterocycles. The monoisotopic (exact) mass is 423 g/mol. The molecule has 0 aliphatic carbocycles. The fourth-order valence-corrected chi connectivity index (χ4v) is 3.05. The van der Waals surface area contributed by atoms with Crippen LogP contribution in [0.15, 0.2) is 75.8 Å². The van der Waals surface area contributed by atoms with Gasteiger partial charge in [0.25, 0.3) is 0 Å². The van der Waals surface area contributed by atoms with Crippen molar-refractivity contribution in [3.05, 3.63) is 77.7 Å². The molecule has 144 valence electrons. The van der Waals surface area contributed by atoms with Crippen LogP contribution in [0.5, 0.6) is 0 Å². The maximum absolute atomic E-state index is 11.9. The van der Waals surface area contributed by atoms with Crippen LogP contribution in [-0.4, -0.2) is 16.0 Å². The Bertz CT molecular complexity index is 1220. The summed E-state index contributed by atoms with van der Waals surface area (Å²) in [5.74, 6) is 0.633. The van der Waals surface area contributed by atoms with Crippen LogP contribution in [0.1, 0.15) is 5.76 Å². The van der Waals surface area contributed by atoms with Gasteiger partial charge in [0.2, 0.25) is 11.8 Å². The average molecular weight is 424 g/mol. The molecule has 0 aliphatic rings. The number of thiocarbonyl (C=S) groups is 1. The summed E-state index contributed by atoms with van der Waals surface area (Å²) >= 11 is 11.4. The Morgan fingerprint density at radius 1 is 1.14 bits per heavy atom. The first kappa shape index (κ1) is 18.9. The summed E-state index contributed by atoms with van der Waals surface area (Å²) in [6, 6.07) is 16.1. The van der Waals surface area contributed by atoms with Gasteiger partial charge in [-0.2, -0.15) is 0 Å². The number of halogens is 1. The van der Waals surface area contributed by atoms with E-state index >= 15 is 0 Å². The molecule has 0 bridgehead atoms. The number of anilines is 1. The van der Waals surface area contributed by atoms with Crippen LogP contribution in [0.4, 0.5) is 5.69 Å². The molecule has 2 aromatic carbocycles. The largest absolute Gasteiger partial charge is 0.465 e. The molecule has 1 amide bonds. The van der Waals surface area contributed by atoms with E-state index in [1.54, 1.807) is 42.5 Å².